The van der Waals surface area contributed by atoms with E-state index < -0.39 is 0 Å². The van der Waals surface area contributed by atoms with Crippen molar-refractivity contribution in [2.45, 2.75) is 0 Å². The quantitative estimate of drug-likeness (QED) is 0.538. The zero-order chi connectivity index (χ0) is 10.1. The monoisotopic (exact) mass is 203 g/mol. The second-order valence-corrected chi connectivity index (χ2v) is 3.02. The third-order valence-corrected chi connectivity index (χ3v) is 2.18. The van der Waals surface area contributed by atoms with Gasteiger partial charge in [-0.1, -0.05) is 0 Å². The topological polar surface area (TPSA) is 62.6 Å². The molecule has 2 rings (SSSR count). The van der Waals surface area contributed by atoms with E-state index in [1.807, 2.05) is 0 Å². The maximum absolute atomic E-state index is 9.30. The first-order chi connectivity index (χ1) is 6.72. The van der Waals surface area contributed by atoms with Gasteiger partial charge in [0.2, 0.25) is 0 Å². The summed E-state index contributed by atoms with van der Waals surface area (Å²) in [6, 6.07) is 4.47. The van der Waals surface area contributed by atoms with Crippen LogP contribution in [0.15, 0.2) is 24.4 Å². The molecule has 0 fully saturated rings. The van der Waals surface area contributed by atoms with Gasteiger partial charge in [0.25, 0.3) is 0 Å². The van der Waals surface area contributed by atoms with E-state index in [4.69, 9.17) is 3.79 Å². The van der Waals surface area contributed by atoms with E-state index in [0.717, 1.165) is 0 Å². The maximum atomic E-state index is 9.30. The molecule has 68 valence electrons. The van der Waals surface area contributed by atoms with Crippen LogP contribution in [-0.4, -0.2) is 31.8 Å². The van der Waals surface area contributed by atoms with Crippen molar-refractivity contribution < 1.29 is 14.0 Å². The Kier molecular flexibility index (Phi) is 2.20. The smallest absolute Gasteiger partial charge is 0.482 e. The van der Waals surface area contributed by atoms with Gasteiger partial charge in [0.05, 0.1) is 11.3 Å². The van der Waals surface area contributed by atoms with Crippen LogP contribution < -0.4 is 3.79 Å². The molecule has 2 aromatic rings. The first kappa shape index (κ1) is 9.13. The molecule has 0 spiro atoms. The number of phenolic OH excluding ortho intramolecular Hbond substituents is 2. The SMILES string of the molecule is Oc1cc2nccc([O][Al])c2cc1O. The lowest BCUT2D eigenvalue weighted by Gasteiger charge is -2.07. The number of aromatic nitrogens is 1. The highest BCUT2D eigenvalue weighted by Crippen LogP contribution is 2.33. The van der Waals surface area contributed by atoms with E-state index in [1.54, 1.807) is 12.3 Å². The Balaban J connectivity index is 2.81. The number of pyridine rings is 1. The third kappa shape index (κ3) is 1.37. The number of rotatable bonds is 1. The predicted octanol–water partition coefficient (Wildman–Crippen LogP) is 1.11. The molecule has 0 aliphatic rings. The number of hydrogen-bond acceptors (Lipinski definition) is 4. The minimum absolute atomic E-state index is 0.186. The molecule has 1 aromatic carbocycles. The Morgan fingerprint density at radius 2 is 1.93 bits per heavy atom. The maximum Gasteiger partial charge on any atom is 0.482 e. The molecule has 0 atom stereocenters. The van der Waals surface area contributed by atoms with Crippen molar-refractivity contribution in [1.82, 2.24) is 4.98 Å². The van der Waals surface area contributed by atoms with Crippen LogP contribution in [0, 0.1) is 0 Å². The zero-order valence-corrected chi connectivity index (χ0v) is 8.29. The molecule has 5 heteroatoms. The summed E-state index contributed by atoms with van der Waals surface area (Å²) in [4.78, 5) is 4.03. The number of nitrogens with zero attached hydrogens (tertiary/aromatic N) is 1. The summed E-state index contributed by atoms with van der Waals surface area (Å²) in [5.41, 5.74) is 0.570. The van der Waals surface area contributed by atoms with Gasteiger partial charge in [-0.2, -0.15) is 0 Å². The summed E-state index contributed by atoms with van der Waals surface area (Å²) in [5.74, 6) is 0.204. The van der Waals surface area contributed by atoms with Crippen LogP contribution in [0.25, 0.3) is 10.9 Å². The molecule has 0 saturated carbocycles. The van der Waals surface area contributed by atoms with Gasteiger partial charge >= 0.3 is 16.6 Å². The van der Waals surface area contributed by atoms with E-state index in [1.165, 1.54) is 12.1 Å². The molecule has 2 N–H and O–H groups in total. The minimum Gasteiger partial charge on any atom is -0.653 e. The lowest BCUT2D eigenvalue weighted by Crippen LogP contribution is -1.88. The standard InChI is InChI=1S/C9H7NO3.Al/c11-7-1-2-10-6-4-9(13)8(12)3-5(6)7;/h1-4,12-13H,(H,10,11);/q;+1/p-1. The molecule has 0 saturated heterocycles. The number of fused-ring (bicyclic) bond motifs is 1. The van der Waals surface area contributed by atoms with Crippen molar-refractivity contribution in [1.29, 1.82) is 0 Å². The predicted molar refractivity (Wildman–Crippen MR) is 51.5 cm³/mol. The lowest BCUT2D eigenvalue weighted by molar-refractivity contribution is 0.404. The highest BCUT2D eigenvalue weighted by atomic mass is 27.1. The highest BCUT2D eigenvalue weighted by molar-refractivity contribution is 6.02. The van der Waals surface area contributed by atoms with Gasteiger partial charge < -0.3 is 14.0 Å². The first-order valence-corrected chi connectivity index (χ1v) is 4.37. The zero-order valence-electron chi connectivity index (χ0n) is 7.14. The molecule has 0 aliphatic carbocycles. The van der Waals surface area contributed by atoms with Crippen LogP contribution in [0.3, 0.4) is 0 Å². The van der Waals surface area contributed by atoms with Crippen LogP contribution in [0.5, 0.6) is 17.2 Å². The second kappa shape index (κ2) is 3.37. The van der Waals surface area contributed by atoms with E-state index in [0.29, 0.717) is 16.7 Å². The fraction of sp³-hybridized carbons (Fsp3) is 0. The van der Waals surface area contributed by atoms with Crippen molar-refractivity contribution in [2.24, 2.45) is 0 Å². The molecule has 0 aliphatic heterocycles. The van der Waals surface area contributed by atoms with Gasteiger partial charge in [-0.25, -0.2) is 0 Å². The van der Waals surface area contributed by atoms with Gasteiger partial charge in [0, 0.05) is 17.6 Å². The number of hydrogen-bond donors (Lipinski definition) is 2. The molecular formula is C9H6AlNO3. The summed E-state index contributed by atoms with van der Waals surface area (Å²) in [7, 11) is 0. The van der Waals surface area contributed by atoms with Crippen molar-refractivity contribution in [3.05, 3.63) is 24.4 Å². The van der Waals surface area contributed by atoms with E-state index >= 15 is 0 Å². The Morgan fingerprint density at radius 3 is 2.64 bits per heavy atom. The van der Waals surface area contributed by atoms with Gasteiger partial charge in [0.15, 0.2) is 11.5 Å². The fourth-order valence-corrected chi connectivity index (χ4v) is 1.45. The van der Waals surface area contributed by atoms with Gasteiger partial charge in [-0.05, 0) is 12.1 Å². The summed E-state index contributed by atoms with van der Waals surface area (Å²) in [6.45, 7) is 0. The molecule has 1 heterocycles. The van der Waals surface area contributed by atoms with Gasteiger partial charge in [-0.15, -0.1) is 0 Å². The average Bonchev–Trinajstić information content (AvgIpc) is 2.19. The summed E-state index contributed by atoms with van der Waals surface area (Å²) in [6.07, 6.45) is 1.57. The molecule has 1 aromatic heterocycles. The van der Waals surface area contributed by atoms with Crippen LogP contribution in [0.2, 0.25) is 0 Å². The Morgan fingerprint density at radius 1 is 1.21 bits per heavy atom. The van der Waals surface area contributed by atoms with Crippen molar-refractivity contribution >= 4 is 27.5 Å². The van der Waals surface area contributed by atoms with Gasteiger partial charge in [0.1, 0.15) is 0 Å². The van der Waals surface area contributed by atoms with E-state index in [-0.39, 0.29) is 11.5 Å². The Labute approximate surface area is 88.5 Å². The number of aromatic hydroxyl groups is 2. The summed E-state index contributed by atoms with van der Waals surface area (Å²) < 4.78 is 5.01. The minimum atomic E-state index is -0.189. The van der Waals surface area contributed by atoms with Crippen LogP contribution in [-0.2, 0) is 0 Å². The van der Waals surface area contributed by atoms with Crippen LogP contribution >= 0.6 is 0 Å². The van der Waals surface area contributed by atoms with Gasteiger partial charge in [-0.3, -0.25) is 4.98 Å². The molecule has 0 bridgehead atoms. The Bertz CT molecular complexity index is 487. The number of benzene rings is 1. The largest absolute Gasteiger partial charge is 0.653 e. The first-order valence-electron chi connectivity index (χ1n) is 3.90. The summed E-state index contributed by atoms with van der Waals surface area (Å²) >= 11 is 2.12. The normalized spacial score (nSPS) is 10.3. The van der Waals surface area contributed by atoms with Crippen molar-refractivity contribution in [2.75, 3.05) is 0 Å². The van der Waals surface area contributed by atoms with E-state index in [2.05, 4.69) is 21.6 Å². The van der Waals surface area contributed by atoms with Crippen LogP contribution in [0.4, 0.5) is 0 Å². The number of phenols is 2. The van der Waals surface area contributed by atoms with Crippen molar-refractivity contribution in [3.8, 4) is 17.2 Å². The summed E-state index contributed by atoms with van der Waals surface area (Å²) in [5, 5.41) is 19.2. The molecule has 4 nitrogen and oxygen atoms in total. The fourth-order valence-electron chi connectivity index (χ4n) is 1.25. The third-order valence-electron chi connectivity index (χ3n) is 1.92. The lowest BCUT2D eigenvalue weighted by atomic mass is 10.2. The molecule has 2 radical (unpaired) electrons. The van der Waals surface area contributed by atoms with E-state index in [9.17, 15) is 10.2 Å². The van der Waals surface area contributed by atoms with Crippen molar-refractivity contribution in [3.63, 3.8) is 0 Å². The molecular weight excluding hydrogens is 197 g/mol. The second-order valence-electron chi connectivity index (χ2n) is 2.79. The Hall–Kier alpha value is -1.44. The molecule has 0 unspecified atom stereocenters. The molecule has 0 amide bonds. The average molecular weight is 203 g/mol. The van der Waals surface area contributed by atoms with Crippen LogP contribution in [0.1, 0.15) is 0 Å². The highest BCUT2D eigenvalue weighted by Gasteiger charge is 2.06. The molecule has 14 heavy (non-hydrogen) atoms.